The maximum atomic E-state index is 13.3. The van der Waals surface area contributed by atoms with E-state index in [1.54, 1.807) is 29.0 Å². The second kappa shape index (κ2) is 5.78. The van der Waals surface area contributed by atoms with Gasteiger partial charge in [-0.3, -0.25) is 0 Å². The van der Waals surface area contributed by atoms with Crippen LogP contribution in [0.5, 0.6) is 0 Å². The van der Waals surface area contributed by atoms with Crippen LogP contribution in [0, 0.1) is 0 Å². The van der Waals surface area contributed by atoms with Gasteiger partial charge in [0.05, 0.1) is 6.26 Å². The second-order valence-corrected chi connectivity index (χ2v) is 7.41. The third-order valence-electron chi connectivity index (χ3n) is 3.80. The van der Waals surface area contributed by atoms with E-state index >= 15 is 0 Å². The minimum atomic E-state index is -4.70. The van der Waals surface area contributed by atoms with E-state index in [4.69, 9.17) is 0 Å². The molecule has 128 valence electrons. The van der Waals surface area contributed by atoms with Crippen LogP contribution in [0.1, 0.15) is 0 Å². The zero-order valence-electron chi connectivity index (χ0n) is 12.7. The van der Waals surface area contributed by atoms with Gasteiger partial charge in [0.15, 0.2) is 0 Å². The van der Waals surface area contributed by atoms with Crippen LogP contribution < -0.4 is 4.72 Å². The molecule has 1 N–H and O–H groups in total. The van der Waals surface area contributed by atoms with Gasteiger partial charge >= 0.3 is 6.18 Å². The molecule has 0 fully saturated rings. The number of halogens is 3. The fraction of sp³-hybridized carbons (Fsp3) is 0.250. The third kappa shape index (κ3) is 3.25. The normalized spacial score (nSPS) is 14.3. The standard InChI is InChI=1S/C16H15F3N2O2S/c1-24(22,23)20-15(16(17,18)19)10-21-13-8-4-2-6-11(13)12-7-3-5-9-14(12)21/h2-9,15,20H,10H2,1H3. The summed E-state index contributed by atoms with van der Waals surface area (Å²) in [5.41, 5.74) is 1.26. The van der Waals surface area contributed by atoms with Gasteiger partial charge in [-0.25, -0.2) is 13.1 Å². The number of hydrogen-bond donors (Lipinski definition) is 1. The summed E-state index contributed by atoms with van der Waals surface area (Å²) >= 11 is 0. The van der Waals surface area contributed by atoms with Gasteiger partial charge in [0.1, 0.15) is 6.04 Å². The number of sulfonamides is 1. The van der Waals surface area contributed by atoms with Crippen molar-refractivity contribution in [2.24, 2.45) is 0 Å². The number of alkyl halides is 3. The lowest BCUT2D eigenvalue weighted by atomic mass is 10.2. The molecule has 1 aromatic heterocycles. The summed E-state index contributed by atoms with van der Waals surface area (Å²) in [7, 11) is -4.00. The van der Waals surface area contributed by atoms with Crippen molar-refractivity contribution in [1.82, 2.24) is 9.29 Å². The van der Waals surface area contributed by atoms with Gasteiger partial charge in [0, 0.05) is 28.4 Å². The lowest BCUT2D eigenvalue weighted by Crippen LogP contribution is -2.47. The van der Waals surface area contributed by atoms with Crippen molar-refractivity contribution < 1.29 is 21.6 Å². The van der Waals surface area contributed by atoms with E-state index in [9.17, 15) is 21.6 Å². The van der Waals surface area contributed by atoms with Crippen molar-refractivity contribution in [3.8, 4) is 0 Å². The lowest BCUT2D eigenvalue weighted by molar-refractivity contribution is -0.153. The maximum absolute atomic E-state index is 13.3. The molecule has 0 bridgehead atoms. The summed E-state index contributed by atoms with van der Waals surface area (Å²) in [5, 5.41) is 1.65. The van der Waals surface area contributed by atoms with Crippen LogP contribution in [0.15, 0.2) is 48.5 Å². The molecule has 0 saturated heterocycles. The molecule has 0 aliphatic carbocycles. The Morgan fingerprint density at radius 3 is 1.88 bits per heavy atom. The van der Waals surface area contributed by atoms with E-state index in [0.29, 0.717) is 11.0 Å². The van der Waals surface area contributed by atoms with Crippen LogP contribution in [-0.4, -0.2) is 31.5 Å². The van der Waals surface area contributed by atoms with Crippen LogP contribution in [-0.2, 0) is 16.6 Å². The third-order valence-corrected chi connectivity index (χ3v) is 4.51. The van der Waals surface area contributed by atoms with Crippen molar-refractivity contribution in [1.29, 1.82) is 0 Å². The Labute approximate surface area is 136 Å². The van der Waals surface area contributed by atoms with Gasteiger partial charge in [-0.15, -0.1) is 0 Å². The van der Waals surface area contributed by atoms with Crippen LogP contribution in [0.25, 0.3) is 21.8 Å². The summed E-state index contributed by atoms with van der Waals surface area (Å²) in [5.74, 6) is 0. The fourth-order valence-electron chi connectivity index (χ4n) is 2.85. The lowest BCUT2D eigenvalue weighted by Gasteiger charge is -2.22. The Hall–Kier alpha value is -2.06. The highest BCUT2D eigenvalue weighted by Crippen LogP contribution is 2.31. The molecule has 1 atom stereocenters. The van der Waals surface area contributed by atoms with Gasteiger partial charge in [-0.2, -0.15) is 13.2 Å². The average molecular weight is 356 g/mol. The van der Waals surface area contributed by atoms with Crippen molar-refractivity contribution in [3.05, 3.63) is 48.5 Å². The number of rotatable bonds is 4. The van der Waals surface area contributed by atoms with E-state index < -0.39 is 28.8 Å². The Morgan fingerprint density at radius 2 is 1.46 bits per heavy atom. The molecule has 0 amide bonds. The molecule has 0 spiro atoms. The minimum Gasteiger partial charge on any atom is -0.339 e. The first kappa shape index (κ1) is 16.8. The largest absolute Gasteiger partial charge is 0.406 e. The van der Waals surface area contributed by atoms with Gasteiger partial charge in [0.2, 0.25) is 10.0 Å². The summed E-state index contributed by atoms with van der Waals surface area (Å²) in [6, 6.07) is 12.0. The average Bonchev–Trinajstić information content (AvgIpc) is 2.79. The number of nitrogens with zero attached hydrogens (tertiary/aromatic N) is 1. The highest BCUT2D eigenvalue weighted by Gasteiger charge is 2.42. The van der Waals surface area contributed by atoms with E-state index in [0.717, 1.165) is 17.0 Å². The molecule has 1 unspecified atom stereocenters. The zero-order valence-corrected chi connectivity index (χ0v) is 13.5. The van der Waals surface area contributed by atoms with Crippen molar-refractivity contribution in [2.75, 3.05) is 6.26 Å². The smallest absolute Gasteiger partial charge is 0.339 e. The quantitative estimate of drug-likeness (QED) is 0.780. The van der Waals surface area contributed by atoms with Crippen molar-refractivity contribution >= 4 is 31.8 Å². The first-order valence-electron chi connectivity index (χ1n) is 7.17. The van der Waals surface area contributed by atoms with E-state index in [1.807, 2.05) is 24.3 Å². The number of hydrogen-bond acceptors (Lipinski definition) is 2. The van der Waals surface area contributed by atoms with Crippen LogP contribution in [0.2, 0.25) is 0 Å². The molecule has 0 saturated carbocycles. The number of para-hydroxylation sites is 2. The molecular weight excluding hydrogens is 341 g/mol. The van der Waals surface area contributed by atoms with Gasteiger partial charge < -0.3 is 4.57 Å². The molecule has 3 rings (SSSR count). The van der Waals surface area contributed by atoms with Crippen LogP contribution in [0.4, 0.5) is 13.2 Å². The van der Waals surface area contributed by atoms with Gasteiger partial charge in [-0.05, 0) is 12.1 Å². The monoisotopic (exact) mass is 356 g/mol. The minimum absolute atomic E-state index is 0.537. The van der Waals surface area contributed by atoms with Gasteiger partial charge in [-0.1, -0.05) is 36.4 Å². The zero-order chi connectivity index (χ0) is 17.5. The number of fused-ring (bicyclic) bond motifs is 3. The molecule has 0 radical (unpaired) electrons. The molecule has 8 heteroatoms. The second-order valence-electron chi connectivity index (χ2n) is 5.63. The van der Waals surface area contributed by atoms with E-state index in [2.05, 4.69) is 0 Å². The molecule has 0 aliphatic heterocycles. The highest BCUT2D eigenvalue weighted by molar-refractivity contribution is 7.88. The number of nitrogens with one attached hydrogen (secondary N) is 1. The van der Waals surface area contributed by atoms with E-state index in [1.165, 1.54) is 4.57 Å². The molecule has 0 aliphatic rings. The van der Waals surface area contributed by atoms with Crippen LogP contribution >= 0.6 is 0 Å². The first-order valence-corrected chi connectivity index (χ1v) is 9.06. The topological polar surface area (TPSA) is 51.1 Å². The van der Waals surface area contributed by atoms with Gasteiger partial charge in [0.25, 0.3) is 0 Å². The predicted octanol–water partition coefficient (Wildman–Crippen LogP) is 3.27. The summed E-state index contributed by atoms with van der Waals surface area (Å²) in [6.45, 7) is -0.537. The maximum Gasteiger partial charge on any atom is 0.406 e. The molecule has 1 heterocycles. The Kier molecular flexibility index (Phi) is 4.05. The Bertz CT molecular complexity index is 940. The fourth-order valence-corrected chi connectivity index (χ4v) is 3.57. The summed E-state index contributed by atoms with van der Waals surface area (Å²) in [4.78, 5) is 0. The number of benzene rings is 2. The van der Waals surface area contributed by atoms with E-state index in [-0.39, 0.29) is 0 Å². The Morgan fingerprint density at radius 1 is 1.00 bits per heavy atom. The molecular formula is C16H15F3N2O2S. The molecule has 24 heavy (non-hydrogen) atoms. The molecule has 4 nitrogen and oxygen atoms in total. The summed E-state index contributed by atoms with van der Waals surface area (Å²) < 4.78 is 65.7. The van der Waals surface area contributed by atoms with Crippen molar-refractivity contribution in [2.45, 2.75) is 18.8 Å². The number of aromatic nitrogens is 1. The predicted molar refractivity (Wildman–Crippen MR) is 87.3 cm³/mol. The van der Waals surface area contributed by atoms with Crippen molar-refractivity contribution in [3.63, 3.8) is 0 Å². The first-order chi connectivity index (χ1) is 11.2. The van der Waals surface area contributed by atoms with Crippen LogP contribution in [0.3, 0.4) is 0 Å². The highest BCUT2D eigenvalue weighted by atomic mass is 32.2. The molecule has 3 aromatic rings. The molecule has 2 aromatic carbocycles. The SMILES string of the molecule is CS(=O)(=O)NC(Cn1c2ccccc2c2ccccc21)C(F)(F)F. The Balaban J connectivity index is 2.16. The summed E-state index contributed by atoms with van der Waals surface area (Å²) in [6.07, 6.45) is -3.98.